The Morgan fingerprint density at radius 2 is 2.33 bits per heavy atom. The summed E-state index contributed by atoms with van der Waals surface area (Å²) >= 11 is 3.21. The van der Waals surface area contributed by atoms with E-state index < -0.39 is 10.8 Å². The Labute approximate surface area is 127 Å². The van der Waals surface area contributed by atoms with Gasteiger partial charge in [0.05, 0.1) is 15.6 Å². The van der Waals surface area contributed by atoms with E-state index in [0.29, 0.717) is 10.0 Å². The second-order valence-electron chi connectivity index (χ2n) is 4.05. The zero-order valence-electron chi connectivity index (χ0n) is 10.9. The molecule has 9 heteroatoms. The van der Waals surface area contributed by atoms with Crippen LogP contribution in [-0.2, 0) is 7.05 Å². The highest BCUT2D eigenvalue weighted by atomic mass is 79.9. The van der Waals surface area contributed by atoms with Crippen LogP contribution in [0.25, 0.3) is 0 Å². The quantitative estimate of drug-likeness (QED) is 0.515. The number of nitro benzene ring substituents is 1. The number of rotatable bonds is 4. The molecule has 0 unspecified atom stereocenters. The van der Waals surface area contributed by atoms with Crippen molar-refractivity contribution in [2.45, 2.75) is 0 Å². The van der Waals surface area contributed by atoms with Gasteiger partial charge in [-0.2, -0.15) is 10.2 Å². The third-order valence-electron chi connectivity index (χ3n) is 2.46. The zero-order valence-corrected chi connectivity index (χ0v) is 12.4. The van der Waals surface area contributed by atoms with E-state index in [4.69, 9.17) is 0 Å². The first-order chi connectivity index (χ1) is 9.97. The van der Waals surface area contributed by atoms with E-state index in [0.717, 1.165) is 0 Å². The van der Waals surface area contributed by atoms with Gasteiger partial charge in [-0.15, -0.1) is 0 Å². The van der Waals surface area contributed by atoms with Crippen LogP contribution in [0, 0.1) is 10.1 Å². The average molecular weight is 352 g/mol. The molecule has 0 saturated carbocycles. The summed E-state index contributed by atoms with van der Waals surface area (Å²) in [6.07, 6.45) is 2.96. The number of hydrogen-bond acceptors (Lipinski definition) is 5. The lowest BCUT2D eigenvalue weighted by molar-refractivity contribution is -0.384. The molecule has 21 heavy (non-hydrogen) atoms. The fraction of sp³-hybridized carbons (Fsp3) is 0.0833. The summed E-state index contributed by atoms with van der Waals surface area (Å²) in [6, 6.07) is 5.91. The van der Waals surface area contributed by atoms with Crippen molar-refractivity contribution in [3.8, 4) is 0 Å². The van der Waals surface area contributed by atoms with Gasteiger partial charge in [-0.3, -0.25) is 19.6 Å². The van der Waals surface area contributed by atoms with Crippen molar-refractivity contribution >= 4 is 33.7 Å². The van der Waals surface area contributed by atoms with Crippen LogP contribution in [-0.4, -0.2) is 26.8 Å². The highest BCUT2D eigenvalue weighted by molar-refractivity contribution is 9.10. The number of benzene rings is 1. The molecule has 0 atom stereocenters. The Hall–Kier alpha value is -2.55. The number of carbonyl (C=O) groups excluding carboxylic acids is 1. The molecule has 0 fully saturated rings. The third-order valence-corrected chi connectivity index (χ3v) is 3.04. The molecule has 0 radical (unpaired) electrons. The smallest absolute Gasteiger partial charge is 0.274 e. The summed E-state index contributed by atoms with van der Waals surface area (Å²) in [6.45, 7) is 0. The van der Waals surface area contributed by atoms with Crippen molar-refractivity contribution in [2.75, 3.05) is 0 Å². The Bertz CT molecular complexity index is 725. The molecule has 1 aromatic carbocycles. The number of aromatic nitrogens is 2. The average Bonchev–Trinajstić information content (AvgIpc) is 2.78. The van der Waals surface area contributed by atoms with E-state index in [1.807, 2.05) is 0 Å². The number of nitro groups is 1. The number of hydrazone groups is 1. The number of nitrogens with zero attached hydrogens (tertiary/aromatic N) is 4. The molecule has 0 saturated heterocycles. The summed E-state index contributed by atoms with van der Waals surface area (Å²) in [4.78, 5) is 21.9. The second-order valence-corrected chi connectivity index (χ2v) is 4.90. The summed E-state index contributed by atoms with van der Waals surface area (Å²) in [5.41, 5.74) is 2.97. The van der Waals surface area contributed by atoms with Gasteiger partial charge in [-0.1, -0.05) is 12.1 Å². The zero-order chi connectivity index (χ0) is 15.4. The third kappa shape index (κ3) is 3.72. The first-order valence-corrected chi connectivity index (χ1v) is 6.53. The fourth-order valence-corrected chi connectivity index (χ4v) is 2.11. The van der Waals surface area contributed by atoms with Crippen molar-refractivity contribution in [3.05, 3.63) is 56.3 Å². The number of halogens is 1. The number of non-ortho nitro benzene ring substituents is 1. The van der Waals surface area contributed by atoms with E-state index >= 15 is 0 Å². The van der Waals surface area contributed by atoms with Crippen LogP contribution in [0.3, 0.4) is 0 Å². The van der Waals surface area contributed by atoms with E-state index in [-0.39, 0.29) is 11.4 Å². The van der Waals surface area contributed by atoms with Gasteiger partial charge in [-0.05, 0) is 15.9 Å². The van der Waals surface area contributed by atoms with Gasteiger partial charge in [0.1, 0.15) is 0 Å². The van der Waals surface area contributed by atoms with Gasteiger partial charge in [-0.25, -0.2) is 5.43 Å². The van der Waals surface area contributed by atoms with Gasteiger partial charge in [0, 0.05) is 30.9 Å². The lowest BCUT2D eigenvalue weighted by Crippen LogP contribution is -2.19. The van der Waals surface area contributed by atoms with E-state index in [1.54, 1.807) is 19.3 Å². The first-order valence-electron chi connectivity index (χ1n) is 5.74. The molecule has 0 aliphatic carbocycles. The number of carbonyl (C=O) groups is 1. The molecule has 1 aromatic heterocycles. The monoisotopic (exact) mass is 351 g/mol. The van der Waals surface area contributed by atoms with Gasteiger partial charge < -0.3 is 0 Å². The minimum Gasteiger partial charge on any atom is -0.274 e. The number of amides is 1. The maximum Gasteiger partial charge on any atom is 0.293 e. The Morgan fingerprint density at radius 1 is 1.57 bits per heavy atom. The summed E-state index contributed by atoms with van der Waals surface area (Å²) < 4.78 is 2.04. The molecule has 1 amide bonds. The lowest BCUT2D eigenvalue weighted by Gasteiger charge is -1.97. The van der Waals surface area contributed by atoms with E-state index in [9.17, 15) is 14.9 Å². The Morgan fingerprint density at radius 3 is 2.95 bits per heavy atom. The largest absolute Gasteiger partial charge is 0.293 e. The summed E-state index contributed by atoms with van der Waals surface area (Å²) in [7, 11) is 1.69. The molecule has 0 bridgehead atoms. The SMILES string of the molecule is Cn1cc(Br)c(C(=O)N/N=C/c2cccc([N+](=O)[O-])c2)n1. The number of aryl methyl sites for hydroxylation is 1. The molecule has 1 heterocycles. The van der Waals surface area contributed by atoms with Crippen LogP contribution in [0.5, 0.6) is 0 Å². The Balaban J connectivity index is 2.05. The van der Waals surface area contributed by atoms with Crippen molar-refractivity contribution in [1.82, 2.24) is 15.2 Å². The summed E-state index contributed by atoms with van der Waals surface area (Å²) in [5.74, 6) is -0.482. The minimum atomic E-state index is -0.499. The molecule has 108 valence electrons. The van der Waals surface area contributed by atoms with Crippen LogP contribution < -0.4 is 5.43 Å². The van der Waals surface area contributed by atoms with Gasteiger partial charge in [0.2, 0.25) is 0 Å². The standard InChI is InChI=1S/C12H10BrN5O3/c1-17-7-10(13)11(16-17)12(19)15-14-6-8-3-2-4-9(5-8)18(20)21/h2-7H,1H3,(H,15,19)/b14-6+. The fourth-order valence-electron chi connectivity index (χ4n) is 1.55. The molecule has 0 aliphatic rings. The van der Waals surface area contributed by atoms with Crippen molar-refractivity contribution < 1.29 is 9.72 Å². The van der Waals surface area contributed by atoms with Gasteiger partial charge >= 0.3 is 0 Å². The van der Waals surface area contributed by atoms with Crippen LogP contribution in [0.2, 0.25) is 0 Å². The number of hydrogen-bond donors (Lipinski definition) is 1. The van der Waals surface area contributed by atoms with Gasteiger partial charge in [0.15, 0.2) is 5.69 Å². The van der Waals surface area contributed by atoms with Crippen LogP contribution in [0.4, 0.5) is 5.69 Å². The highest BCUT2D eigenvalue weighted by Gasteiger charge is 2.13. The molecular formula is C12H10BrN5O3. The van der Waals surface area contributed by atoms with Crippen molar-refractivity contribution in [1.29, 1.82) is 0 Å². The highest BCUT2D eigenvalue weighted by Crippen LogP contribution is 2.14. The van der Waals surface area contributed by atoms with Crippen molar-refractivity contribution in [3.63, 3.8) is 0 Å². The van der Waals surface area contributed by atoms with Crippen molar-refractivity contribution in [2.24, 2.45) is 12.1 Å². The minimum absolute atomic E-state index is 0.0438. The maximum absolute atomic E-state index is 11.8. The second kappa shape index (κ2) is 6.27. The van der Waals surface area contributed by atoms with E-state index in [1.165, 1.54) is 29.1 Å². The molecule has 2 aromatic rings. The normalized spacial score (nSPS) is 10.8. The summed E-state index contributed by atoms with van der Waals surface area (Å²) in [5, 5.41) is 18.4. The molecule has 0 spiro atoms. The lowest BCUT2D eigenvalue weighted by atomic mass is 10.2. The van der Waals surface area contributed by atoms with Crippen LogP contribution in [0.15, 0.2) is 40.0 Å². The molecule has 0 aliphatic heterocycles. The van der Waals surface area contributed by atoms with Crippen LogP contribution in [0.1, 0.15) is 16.1 Å². The maximum atomic E-state index is 11.8. The Kier molecular flexibility index (Phi) is 4.43. The predicted molar refractivity (Wildman–Crippen MR) is 79.1 cm³/mol. The van der Waals surface area contributed by atoms with E-state index in [2.05, 4.69) is 31.6 Å². The molecule has 8 nitrogen and oxygen atoms in total. The molecule has 2 rings (SSSR count). The first kappa shape index (κ1) is 14.9. The molecular weight excluding hydrogens is 342 g/mol. The van der Waals surface area contributed by atoms with Crippen LogP contribution >= 0.6 is 15.9 Å². The van der Waals surface area contributed by atoms with Gasteiger partial charge in [0.25, 0.3) is 11.6 Å². The molecule has 1 N–H and O–H groups in total. The topological polar surface area (TPSA) is 102 Å². The predicted octanol–water partition coefficient (Wildman–Crippen LogP) is 1.85. The number of nitrogens with one attached hydrogen (secondary N) is 1.